The Kier molecular flexibility index (Phi) is 10.9. The topological polar surface area (TPSA) is 192 Å². The molecule has 2 rings (SSSR count). The predicted molar refractivity (Wildman–Crippen MR) is 132 cm³/mol. The summed E-state index contributed by atoms with van der Waals surface area (Å²) in [6.07, 6.45) is -7.72. The molecule has 1 heterocycles. The van der Waals surface area contributed by atoms with Gasteiger partial charge in [0, 0.05) is 25.4 Å². The van der Waals surface area contributed by atoms with Crippen LogP contribution in [0.1, 0.15) is 32.8 Å². The van der Waals surface area contributed by atoms with Crippen molar-refractivity contribution in [3.8, 4) is 5.75 Å². The zero-order chi connectivity index (χ0) is 27.9. The van der Waals surface area contributed by atoms with Crippen molar-refractivity contribution in [3.05, 3.63) is 23.8 Å². The number of benzene rings is 1. The fourth-order valence-corrected chi connectivity index (χ4v) is 4.10. The number of carboxylic acid groups (broad SMARTS) is 1. The van der Waals surface area contributed by atoms with Crippen LogP contribution in [0.25, 0.3) is 0 Å². The maximum absolute atomic E-state index is 12.5. The zero-order valence-corrected chi connectivity index (χ0v) is 22.1. The minimum absolute atomic E-state index is 0.0139. The molecule has 37 heavy (non-hydrogen) atoms. The number of aliphatic carboxylic acids is 1. The van der Waals surface area contributed by atoms with Crippen molar-refractivity contribution in [2.75, 3.05) is 30.4 Å². The number of carbonyl (C=O) groups is 2. The van der Waals surface area contributed by atoms with Crippen LogP contribution in [0.2, 0.25) is 0 Å². The van der Waals surface area contributed by atoms with E-state index in [9.17, 15) is 38.4 Å². The molecule has 1 aliphatic rings. The lowest BCUT2D eigenvalue weighted by Gasteiger charge is -2.38. The lowest BCUT2D eigenvalue weighted by atomic mass is 9.99. The van der Waals surface area contributed by atoms with E-state index in [2.05, 4.69) is 5.32 Å². The first-order chi connectivity index (χ1) is 17.2. The first-order valence-electron chi connectivity index (χ1n) is 11.8. The smallest absolute Gasteiger partial charge is 0.410 e. The Bertz CT molecular complexity index is 1030. The quantitative estimate of drug-likeness (QED) is 0.238. The van der Waals surface area contributed by atoms with Gasteiger partial charge in [0.05, 0.1) is 11.4 Å². The number of hydrogen-bond acceptors (Lipinski definition) is 11. The molecule has 0 aliphatic carbocycles. The minimum Gasteiger partial charge on any atom is -0.479 e. The number of carboxylic acids is 1. The summed E-state index contributed by atoms with van der Waals surface area (Å²) in [5.41, 5.74) is 0.974. The molecular weight excluding hydrogens is 512 g/mol. The van der Waals surface area contributed by atoms with E-state index in [0.717, 1.165) is 6.26 Å². The summed E-state index contributed by atoms with van der Waals surface area (Å²) in [4.78, 5) is 25.2. The maximum atomic E-state index is 12.5. The van der Waals surface area contributed by atoms with Crippen LogP contribution in [-0.2, 0) is 30.7 Å². The van der Waals surface area contributed by atoms with E-state index in [1.807, 2.05) is 20.8 Å². The Labute approximate surface area is 215 Å². The van der Waals surface area contributed by atoms with Crippen molar-refractivity contribution in [1.82, 2.24) is 4.90 Å². The molecule has 210 valence electrons. The van der Waals surface area contributed by atoms with Crippen LogP contribution in [0.4, 0.5) is 10.5 Å². The molecule has 0 spiro atoms. The third-order valence-electron chi connectivity index (χ3n) is 5.39. The molecule has 13 nitrogen and oxygen atoms in total. The molecule has 1 amide bonds. The number of anilines is 1. The number of rotatable bonds is 12. The number of ether oxygens (including phenoxy) is 3. The second kappa shape index (κ2) is 13.2. The van der Waals surface area contributed by atoms with Gasteiger partial charge in [-0.25, -0.2) is 18.0 Å². The Balaban J connectivity index is 2.16. The summed E-state index contributed by atoms with van der Waals surface area (Å²) in [5, 5.41) is 42.5. The molecule has 0 aromatic heterocycles. The van der Waals surface area contributed by atoms with Gasteiger partial charge in [0.25, 0.3) is 0 Å². The standard InChI is InChI=1S/C23H36N2O11S/c1-5-8-25(9-10-37(4,32)33)23(31)34-12-14-6-7-16(15(11-14)24-13(2)3)35-22-19(28)17(26)18(27)20(36-22)21(29)30/h6-7,11,13,17-20,22,24,26-28H,5,8-10,12H2,1-4H3,(H,29,30). The second-order valence-electron chi connectivity index (χ2n) is 9.15. The van der Waals surface area contributed by atoms with Gasteiger partial charge < -0.3 is 44.9 Å². The van der Waals surface area contributed by atoms with Crippen LogP contribution in [-0.4, -0.2) is 108 Å². The van der Waals surface area contributed by atoms with Gasteiger partial charge in [-0.1, -0.05) is 13.0 Å². The van der Waals surface area contributed by atoms with Gasteiger partial charge in [0.1, 0.15) is 40.5 Å². The van der Waals surface area contributed by atoms with E-state index in [-0.39, 0.29) is 30.7 Å². The summed E-state index contributed by atoms with van der Waals surface area (Å²) in [5.74, 6) is -1.56. The number of amides is 1. The predicted octanol–water partition coefficient (Wildman–Crippen LogP) is 0.171. The normalized spacial score (nSPS) is 23.9. The van der Waals surface area contributed by atoms with Gasteiger partial charge in [0.15, 0.2) is 6.10 Å². The van der Waals surface area contributed by atoms with Crippen molar-refractivity contribution in [3.63, 3.8) is 0 Å². The molecule has 5 N–H and O–H groups in total. The van der Waals surface area contributed by atoms with Gasteiger partial charge in [-0.2, -0.15) is 0 Å². The number of nitrogens with zero attached hydrogens (tertiary/aromatic N) is 1. The van der Waals surface area contributed by atoms with E-state index < -0.39 is 52.6 Å². The highest BCUT2D eigenvalue weighted by molar-refractivity contribution is 7.90. The van der Waals surface area contributed by atoms with E-state index in [4.69, 9.17) is 14.2 Å². The number of aliphatic hydroxyl groups is 3. The highest BCUT2D eigenvalue weighted by Crippen LogP contribution is 2.31. The van der Waals surface area contributed by atoms with Crippen LogP contribution < -0.4 is 10.1 Å². The third-order valence-corrected chi connectivity index (χ3v) is 6.31. The first-order valence-corrected chi connectivity index (χ1v) is 13.9. The molecule has 1 saturated heterocycles. The highest BCUT2D eigenvalue weighted by Gasteiger charge is 2.48. The Morgan fingerprint density at radius 2 is 1.81 bits per heavy atom. The van der Waals surface area contributed by atoms with E-state index >= 15 is 0 Å². The van der Waals surface area contributed by atoms with Crippen molar-refractivity contribution < 1.29 is 52.6 Å². The number of nitrogens with one attached hydrogen (secondary N) is 1. The van der Waals surface area contributed by atoms with Gasteiger partial charge in [-0.15, -0.1) is 0 Å². The van der Waals surface area contributed by atoms with Crippen molar-refractivity contribution in [1.29, 1.82) is 0 Å². The average molecular weight is 549 g/mol. The summed E-state index contributed by atoms with van der Waals surface area (Å²) < 4.78 is 39.2. The van der Waals surface area contributed by atoms with Crippen LogP contribution in [0.3, 0.4) is 0 Å². The molecule has 5 unspecified atom stereocenters. The number of aliphatic hydroxyl groups excluding tert-OH is 3. The van der Waals surface area contributed by atoms with Crippen molar-refractivity contribution in [2.45, 2.75) is 70.5 Å². The minimum atomic E-state index is -3.25. The molecule has 0 saturated carbocycles. The average Bonchev–Trinajstić information content (AvgIpc) is 2.80. The summed E-state index contributed by atoms with van der Waals surface area (Å²) in [6.45, 7) is 5.79. The molecule has 5 atom stereocenters. The van der Waals surface area contributed by atoms with Crippen LogP contribution in [0, 0.1) is 0 Å². The lowest BCUT2D eigenvalue weighted by Crippen LogP contribution is -2.61. The van der Waals surface area contributed by atoms with Gasteiger partial charge in [-0.3, -0.25) is 0 Å². The Morgan fingerprint density at radius 3 is 2.38 bits per heavy atom. The van der Waals surface area contributed by atoms with Crippen LogP contribution >= 0.6 is 0 Å². The molecular formula is C23H36N2O11S. The van der Waals surface area contributed by atoms with Crippen molar-refractivity contribution >= 4 is 27.6 Å². The monoisotopic (exact) mass is 548 g/mol. The third kappa shape index (κ3) is 9.00. The molecule has 1 aliphatic heterocycles. The fourth-order valence-electron chi connectivity index (χ4n) is 3.54. The molecule has 14 heteroatoms. The van der Waals surface area contributed by atoms with Gasteiger partial charge >= 0.3 is 12.1 Å². The number of carbonyl (C=O) groups excluding carboxylic acids is 1. The zero-order valence-electron chi connectivity index (χ0n) is 21.2. The summed E-state index contributed by atoms with van der Waals surface area (Å²) in [7, 11) is -3.25. The van der Waals surface area contributed by atoms with Crippen LogP contribution in [0.15, 0.2) is 18.2 Å². The molecule has 0 radical (unpaired) electrons. The first kappa shape index (κ1) is 30.6. The summed E-state index contributed by atoms with van der Waals surface area (Å²) in [6, 6.07) is 4.61. The molecule has 1 aromatic rings. The fraction of sp³-hybridized carbons (Fsp3) is 0.652. The largest absolute Gasteiger partial charge is 0.479 e. The Hall–Kier alpha value is -2.65. The molecule has 0 bridgehead atoms. The van der Waals surface area contributed by atoms with E-state index in [0.29, 0.717) is 24.2 Å². The van der Waals surface area contributed by atoms with Crippen LogP contribution in [0.5, 0.6) is 5.75 Å². The number of sulfone groups is 1. The molecule has 1 fully saturated rings. The van der Waals surface area contributed by atoms with E-state index in [1.165, 1.54) is 11.0 Å². The number of hydrogen-bond donors (Lipinski definition) is 5. The highest BCUT2D eigenvalue weighted by atomic mass is 32.2. The second-order valence-corrected chi connectivity index (χ2v) is 11.4. The molecule has 1 aromatic carbocycles. The SMILES string of the molecule is CCCN(CCS(C)(=O)=O)C(=O)OCc1ccc(OC2OC(C(=O)O)C(O)C(O)C2O)c(NC(C)C)c1. The maximum Gasteiger partial charge on any atom is 0.410 e. The van der Waals surface area contributed by atoms with Gasteiger partial charge in [0.2, 0.25) is 6.29 Å². The lowest BCUT2D eigenvalue weighted by molar-refractivity contribution is -0.271. The van der Waals surface area contributed by atoms with Gasteiger partial charge in [-0.05, 0) is 38.0 Å². The van der Waals surface area contributed by atoms with E-state index in [1.54, 1.807) is 12.1 Å². The van der Waals surface area contributed by atoms with Crippen molar-refractivity contribution in [2.24, 2.45) is 0 Å². The summed E-state index contributed by atoms with van der Waals surface area (Å²) >= 11 is 0. The Morgan fingerprint density at radius 1 is 1.14 bits per heavy atom.